The predicted molar refractivity (Wildman–Crippen MR) is 104 cm³/mol. The highest BCUT2D eigenvalue weighted by molar-refractivity contribution is 6.03. The van der Waals surface area contributed by atoms with Crippen molar-refractivity contribution in [1.29, 1.82) is 0 Å². The van der Waals surface area contributed by atoms with E-state index in [2.05, 4.69) is 17.1 Å². The van der Waals surface area contributed by atoms with Crippen molar-refractivity contribution in [3.8, 4) is 0 Å². The van der Waals surface area contributed by atoms with Crippen LogP contribution in [0, 0.1) is 0 Å². The van der Waals surface area contributed by atoms with Gasteiger partial charge in [0.25, 0.3) is 0 Å². The van der Waals surface area contributed by atoms with Gasteiger partial charge in [0.1, 0.15) is 5.82 Å². The van der Waals surface area contributed by atoms with Crippen molar-refractivity contribution in [3.05, 3.63) is 41.6 Å². The molecular formula is C21H26N4O. The van der Waals surface area contributed by atoms with Crippen LogP contribution in [-0.4, -0.2) is 28.3 Å². The Morgan fingerprint density at radius 2 is 1.96 bits per heavy atom. The highest BCUT2D eigenvalue weighted by Gasteiger charge is 2.29. The van der Waals surface area contributed by atoms with Gasteiger partial charge in [-0.3, -0.25) is 4.79 Å². The lowest BCUT2D eigenvalue weighted by Gasteiger charge is -2.36. The first kappa shape index (κ1) is 17.0. The molecule has 1 aromatic carbocycles. The molecule has 0 saturated carbocycles. The van der Waals surface area contributed by atoms with Crippen LogP contribution in [0.2, 0.25) is 0 Å². The summed E-state index contributed by atoms with van der Waals surface area (Å²) in [5, 5.41) is 3.38. The van der Waals surface area contributed by atoms with E-state index in [4.69, 9.17) is 9.97 Å². The van der Waals surface area contributed by atoms with Crippen LogP contribution in [0.15, 0.2) is 30.3 Å². The molecule has 26 heavy (non-hydrogen) atoms. The quantitative estimate of drug-likeness (QED) is 0.879. The third kappa shape index (κ3) is 3.30. The number of hydrogen-bond acceptors (Lipinski definition) is 5. The number of rotatable bonds is 4. The maximum Gasteiger partial charge on any atom is 0.227 e. The lowest BCUT2D eigenvalue weighted by Crippen LogP contribution is -2.40. The molecule has 1 atom stereocenters. The van der Waals surface area contributed by atoms with Crippen molar-refractivity contribution < 1.29 is 4.79 Å². The number of aromatic nitrogens is 2. The van der Waals surface area contributed by atoms with E-state index in [-0.39, 0.29) is 5.78 Å². The van der Waals surface area contributed by atoms with Gasteiger partial charge < -0.3 is 10.2 Å². The summed E-state index contributed by atoms with van der Waals surface area (Å²) < 4.78 is 0. The zero-order chi connectivity index (χ0) is 17.9. The molecule has 1 aromatic heterocycles. The Hall–Kier alpha value is -2.43. The van der Waals surface area contributed by atoms with Gasteiger partial charge in [0.15, 0.2) is 5.78 Å². The molecule has 1 aliphatic heterocycles. The molecule has 0 radical (unpaired) electrons. The van der Waals surface area contributed by atoms with Gasteiger partial charge in [-0.2, -0.15) is 4.98 Å². The van der Waals surface area contributed by atoms with Crippen LogP contribution in [-0.2, 0) is 6.42 Å². The summed E-state index contributed by atoms with van der Waals surface area (Å²) in [4.78, 5) is 24.6. The number of ketones is 1. The number of hydrogen-bond donors (Lipinski definition) is 1. The monoisotopic (exact) mass is 350 g/mol. The lowest BCUT2D eigenvalue weighted by atomic mass is 9.95. The fourth-order valence-corrected chi connectivity index (χ4v) is 4.07. The summed E-state index contributed by atoms with van der Waals surface area (Å²) in [5.74, 6) is 1.60. The van der Waals surface area contributed by atoms with Crippen LogP contribution in [0.5, 0.6) is 0 Å². The molecule has 0 spiro atoms. The Morgan fingerprint density at radius 3 is 2.77 bits per heavy atom. The Morgan fingerprint density at radius 1 is 1.12 bits per heavy atom. The predicted octanol–water partition coefficient (Wildman–Crippen LogP) is 4.51. The Kier molecular flexibility index (Phi) is 4.87. The molecular weight excluding hydrogens is 324 g/mol. The number of carbonyl (C=O) groups excluding carboxylic acids is 1. The number of nitrogens with one attached hydrogen (secondary N) is 1. The van der Waals surface area contributed by atoms with E-state index in [1.54, 1.807) is 0 Å². The Bertz CT molecular complexity index is 790. The van der Waals surface area contributed by atoms with Gasteiger partial charge in [-0.05, 0) is 50.7 Å². The highest BCUT2D eigenvalue weighted by Crippen LogP contribution is 2.32. The Labute approximate surface area is 154 Å². The number of piperidine rings is 1. The minimum Gasteiger partial charge on any atom is -0.339 e. The van der Waals surface area contributed by atoms with Crippen LogP contribution >= 0.6 is 0 Å². The van der Waals surface area contributed by atoms with E-state index in [0.29, 0.717) is 23.8 Å². The summed E-state index contributed by atoms with van der Waals surface area (Å²) in [7, 11) is 0. The summed E-state index contributed by atoms with van der Waals surface area (Å²) in [5.41, 5.74) is 2.54. The van der Waals surface area contributed by atoms with E-state index < -0.39 is 0 Å². The van der Waals surface area contributed by atoms with Gasteiger partial charge >= 0.3 is 0 Å². The SMILES string of the molecule is CCC1CCCCN1c1nc2c(c(Nc3ccccc3)n1)C(=O)CCC2. The van der Waals surface area contributed by atoms with Crippen LogP contribution in [0.3, 0.4) is 0 Å². The molecule has 1 aliphatic carbocycles. The molecule has 136 valence electrons. The fourth-order valence-electron chi connectivity index (χ4n) is 4.07. The molecule has 0 bridgehead atoms. The van der Waals surface area contributed by atoms with E-state index in [9.17, 15) is 4.79 Å². The van der Waals surface area contributed by atoms with Gasteiger partial charge in [0.2, 0.25) is 5.95 Å². The van der Waals surface area contributed by atoms with E-state index in [1.165, 1.54) is 19.3 Å². The number of benzene rings is 1. The molecule has 0 amide bonds. The standard InChI is InChI=1S/C21H26N4O/c1-2-16-11-6-7-14-25(16)21-23-17-12-8-13-18(26)19(17)20(24-21)22-15-9-4-3-5-10-15/h3-5,9-10,16H,2,6-8,11-14H2,1H3,(H,22,23,24). The third-order valence-electron chi connectivity index (χ3n) is 5.46. The first-order chi connectivity index (χ1) is 12.8. The maximum atomic E-state index is 12.6. The van der Waals surface area contributed by atoms with E-state index in [0.717, 1.165) is 43.1 Å². The second kappa shape index (κ2) is 7.44. The minimum atomic E-state index is 0.155. The number of Topliss-reactive ketones (excluding diaryl/α,β-unsaturated/α-hetero) is 1. The van der Waals surface area contributed by atoms with Crippen molar-refractivity contribution in [1.82, 2.24) is 9.97 Å². The van der Waals surface area contributed by atoms with Gasteiger partial charge in [0, 0.05) is 24.7 Å². The third-order valence-corrected chi connectivity index (χ3v) is 5.46. The summed E-state index contributed by atoms with van der Waals surface area (Å²) in [6.45, 7) is 3.23. The van der Waals surface area contributed by atoms with Crippen molar-refractivity contribution >= 4 is 23.2 Å². The van der Waals surface area contributed by atoms with Crippen molar-refractivity contribution in [2.45, 2.75) is 57.9 Å². The number of para-hydroxylation sites is 1. The zero-order valence-electron chi connectivity index (χ0n) is 15.4. The molecule has 4 rings (SSSR count). The van der Waals surface area contributed by atoms with Gasteiger partial charge in [0.05, 0.1) is 11.3 Å². The molecule has 5 nitrogen and oxygen atoms in total. The molecule has 1 saturated heterocycles. The van der Waals surface area contributed by atoms with Crippen molar-refractivity contribution in [2.75, 3.05) is 16.8 Å². The highest BCUT2D eigenvalue weighted by atomic mass is 16.1. The summed E-state index contributed by atoms with van der Waals surface area (Å²) in [6, 6.07) is 10.4. The first-order valence-electron chi connectivity index (χ1n) is 9.79. The molecule has 1 N–H and O–H groups in total. The average molecular weight is 350 g/mol. The van der Waals surface area contributed by atoms with Crippen molar-refractivity contribution in [2.24, 2.45) is 0 Å². The molecule has 2 aliphatic rings. The molecule has 2 aromatic rings. The Balaban J connectivity index is 1.76. The van der Waals surface area contributed by atoms with E-state index in [1.807, 2.05) is 30.3 Å². The number of nitrogens with zero attached hydrogens (tertiary/aromatic N) is 3. The number of aryl methyl sites for hydroxylation is 1. The van der Waals surface area contributed by atoms with Gasteiger partial charge in [-0.1, -0.05) is 25.1 Å². The van der Waals surface area contributed by atoms with Crippen LogP contribution < -0.4 is 10.2 Å². The second-order valence-electron chi connectivity index (χ2n) is 7.21. The topological polar surface area (TPSA) is 58.1 Å². The minimum absolute atomic E-state index is 0.155. The number of fused-ring (bicyclic) bond motifs is 1. The number of carbonyl (C=O) groups is 1. The average Bonchev–Trinajstić information content (AvgIpc) is 2.68. The zero-order valence-corrected chi connectivity index (χ0v) is 15.4. The molecule has 5 heteroatoms. The van der Waals surface area contributed by atoms with Gasteiger partial charge in [-0.25, -0.2) is 4.98 Å². The lowest BCUT2D eigenvalue weighted by molar-refractivity contribution is 0.0972. The largest absolute Gasteiger partial charge is 0.339 e. The molecule has 2 heterocycles. The maximum absolute atomic E-state index is 12.6. The van der Waals surface area contributed by atoms with Crippen LogP contribution in [0.4, 0.5) is 17.5 Å². The first-order valence-corrected chi connectivity index (χ1v) is 9.79. The molecule has 1 fully saturated rings. The van der Waals surface area contributed by atoms with Crippen molar-refractivity contribution in [3.63, 3.8) is 0 Å². The number of anilines is 3. The molecule has 1 unspecified atom stereocenters. The van der Waals surface area contributed by atoms with Gasteiger partial charge in [-0.15, -0.1) is 0 Å². The second-order valence-corrected chi connectivity index (χ2v) is 7.21. The smallest absolute Gasteiger partial charge is 0.227 e. The van der Waals surface area contributed by atoms with Crippen LogP contribution in [0.25, 0.3) is 0 Å². The van der Waals surface area contributed by atoms with Crippen LogP contribution in [0.1, 0.15) is 61.5 Å². The van der Waals surface area contributed by atoms with E-state index >= 15 is 0 Å². The summed E-state index contributed by atoms with van der Waals surface area (Å²) in [6.07, 6.45) is 7.05. The fraction of sp³-hybridized carbons (Fsp3) is 0.476. The normalized spacial score (nSPS) is 20.0. The summed E-state index contributed by atoms with van der Waals surface area (Å²) >= 11 is 0.